The van der Waals surface area contributed by atoms with Gasteiger partial charge in [0.15, 0.2) is 17.5 Å². The molecule has 45 heavy (non-hydrogen) atoms. The third-order valence-corrected chi connectivity index (χ3v) is 8.55. The normalized spacial score (nSPS) is 11.7. The zero-order valence-electron chi connectivity index (χ0n) is 23.9. The molecular weight excluding hydrogens is 576 g/mol. The summed E-state index contributed by atoms with van der Waals surface area (Å²) in [7, 11) is 0. The van der Waals surface area contributed by atoms with E-state index in [1.807, 2.05) is 72.8 Å². The third kappa shape index (κ3) is 4.20. The highest BCUT2D eigenvalue weighted by Crippen LogP contribution is 2.38. The van der Waals surface area contributed by atoms with Gasteiger partial charge in [-0.3, -0.25) is 0 Å². The van der Waals surface area contributed by atoms with Crippen LogP contribution in [-0.4, -0.2) is 19.5 Å². The number of halogens is 1. The minimum atomic E-state index is 0.566. The second-order valence-corrected chi connectivity index (χ2v) is 11.4. The highest BCUT2D eigenvalue weighted by molar-refractivity contribution is 6.32. The zero-order chi connectivity index (χ0) is 29.9. The van der Waals surface area contributed by atoms with Crippen molar-refractivity contribution in [1.29, 1.82) is 0 Å². The Bertz CT molecular complexity index is 2550. The molecule has 0 aliphatic carbocycles. The number of fused-ring (bicyclic) bond motifs is 6. The van der Waals surface area contributed by atoms with Gasteiger partial charge in [-0.05, 0) is 48.5 Å². The Morgan fingerprint density at radius 3 is 2.04 bits per heavy atom. The first-order valence-corrected chi connectivity index (χ1v) is 15.1. The first kappa shape index (κ1) is 25.7. The SMILES string of the molecule is Clc1ccc2oc3cccc(-c4nc(-c5ccccc5)nc(-c5ccc6c7ccccc7n(-c7ccccc7)c6c5)n4)c3c2c1. The molecule has 212 valence electrons. The van der Waals surface area contributed by atoms with E-state index in [-0.39, 0.29) is 0 Å². The molecule has 0 fully saturated rings. The van der Waals surface area contributed by atoms with Crippen molar-refractivity contribution in [3.05, 3.63) is 145 Å². The zero-order valence-corrected chi connectivity index (χ0v) is 24.6. The van der Waals surface area contributed by atoms with Gasteiger partial charge in [0.25, 0.3) is 0 Å². The highest BCUT2D eigenvalue weighted by atomic mass is 35.5. The number of benzene rings is 6. The molecule has 9 aromatic rings. The molecule has 0 aliphatic rings. The molecule has 3 heterocycles. The summed E-state index contributed by atoms with van der Waals surface area (Å²) in [5, 5.41) is 4.85. The molecule has 0 aliphatic heterocycles. The quantitative estimate of drug-likeness (QED) is 0.202. The summed E-state index contributed by atoms with van der Waals surface area (Å²) in [4.78, 5) is 15.2. The Balaban J connectivity index is 1.32. The lowest BCUT2D eigenvalue weighted by Crippen LogP contribution is -2.00. The van der Waals surface area contributed by atoms with E-state index in [0.29, 0.717) is 22.5 Å². The number of aromatic nitrogens is 4. The largest absolute Gasteiger partial charge is 0.456 e. The van der Waals surface area contributed by atoms with Crippen LogP contribution in [0.25, 0.3) is 83.6 Å². The van der Waals surface area contributed by atoms with Gasteiger partial charge in [0.05, 0.1) is 11.0 Å². The van der Waals surface area contributed by atoms with Crippen molar-refractivity contribution in [3.8, 4) is 39.9 Å². The van der Waals surface area contributed by atoms with E-state index >= 15 is 0 Å². The molecule has 0 saturated heterocycles. The molecule has 3 aromatic heterocycles. The molecule has 0 N–H and O–H groups in total. The maximum absolute atomic E-state index is 6.43. The number of hydrogen-bond donors (Lipinski definition) is 0. The smallest absolute Gasteiger partial charge is 0.164 e. The second kappa shape index (κ2) is 10.2. The van der Waals surface area contributed by atoms with Crippen molar-refractivity contribution < 1.29 is 4.42 Å². The van der Waals surface area contributed by atoms with Crippen LogP contribution in [0.2, 0.25) is 5.02 Å². The molecule has 0 atom stereocenters. The fourth-order valence-electron chi connectivity index (χ4n) is 6.29. The molecular formula is C39H23ClN4O. The van der Waals surface area contributed by atoms with Crippen LogP contribution in [0.15, 0.2) is 144 Å². The van der Waals surface area contributed by atoms with Gasteiger partial charge in [0.2, 0.25) is 0 Å². The molecule has 0 amide bonds. The van der Waals surface area contributed by atoms with Crippen molar-refractivity contribution in [2.24, 2.45) is 0 Å². The molecule has 9 rings (SSSR count). The first-order chi connectivity index (χ1) is 22.2. The van der Waals surface area contributed by atoms with Crippen LogP contribution in [0.5, 0.6) is 0 Å². The Labute approximate surface area is 263 Å². The molecule has 5 nitrogen and oxygen atoms in total. The summed E-state index contributed by atoms with van der Waals surface area (Å²) < 4.78 is 8.50. The van der Waals surface area contributed by atoms with Gasteiger partial charge < -0.3 is 8.98 Å². The Morgan fingerprint density at radius 1 is 0.489 bits per heavy atom. The maximum Gasteiger partial charge on any atom is 0.164 e. The summed E-state index contributed by atoms with van der Waals surface area (Å²) in [6, 6.07) is 47.1. The number of para-hydroxylation sites is 2. The predicted molar refractivity (Wildman–Crippen MR) is 183 cm³/mol. The van der Waals surface area contributed by atoms with Crippen LogP contribution < -0.4 is 0 Å². The maximum atomic E-state index is 6.43. The van der Waals surface area contributed by atoms with Crippen molar-refractivity contribution in [3.63, 3.8) is 0 Å². The average molecular weight is 599 g/mol. The minimum Gasteiger partial charge on any atom is -0.456 e. The summed E-state index contributed by atoms with van der Waals surface area (Å²) in [6.07, 6.45) is 0. The van der Waals surface area contributed by atoms with Gasteiger partial charge in [-0.2, -0.15) is 0 Å². The average Bonchev–Trinajstić information content (AvgIpc) is 3.64. The van der Waals surface area contributed by atoms with E-state index in [0.717, 1.165) is 55.3 Å². The number of rotatable bonds is 4. The number of hydrogen-bond acceptors (Lipinski definition) is 4. The van der Waals surface area contributed by atoms with Crippen LogP contribution in [0.4, 0.5) is 0 Å². The molecule has 0 spiro atoms. The van der Waals surface area contributed by atoms with Crippen LogP contribution in [0.1, 0.15) is 0 Å². The fourth-order valence-corrected chi connectivity index (χ4v) is 6.46. The second-order valence-electron chi connectivity index (χ2n) is 11.0. The number of furan rings is 1. The summed E-state index contributed by atoms with van der Waals surface area (Å²) >= 11 is 6.43. The van der Waals surface area contributed by atoms with Gasteiger partial charge in [-0.25, -0.2) is 15.0 Å². The minimum absolute atomic E-state index is 0.566. The van der Waals surface area contributed by atoms with Gasteiger partial charge >= 0.3 is 0 Å². The highest BCUT2D eigenvalue weighted by Gasteiger charge is 2.19. The summed E-state index contributed by atoms with van der Waals surface area (Å²) in [6.45, 7) is 0. The van der Waals surface area contributed by atoms with Crippen LogP contribution >= 0.6 is 11.6 Å². The van der Waals surface area contributed by atoms with E-state index in [1.54, 1.807) is 0 Å². The Hall–Kier alpha value is -5.78. The molecule has 0 bridgehead atoms. The van der Waals surface area contributed by atoms with Crippen molar-refractivity contribution in [2.45, 2.75) is 0 Å². The topological polar surface area (TPSA) is 56.7 Å². The lowest BCUT2D eigenvalue weighted by Gasteiger charge is -2.11. The Kier molecular flexibility index (Phi) is 5.80. The van der Waals surface area contributed by atoms with Gasteiger partial charge in [-0.1, -0.05) is 103 Å². The van der Waals surface area contributed by atoms with Crippen LogP contribution in [-0.2, 0) is 0 Å². The van der Waals surface area contributed by atoms with E-state index in [4.69, 9.17) is 31.0 Å². The van der Waals surface area contributed by atoms with Crippen molar-refractivity contribution in [1.82, 2.24) is 19.5 Å². The van der Waals surface area contributed by atoms with Crippen LogP contribution in [0.3, 0.4) is 0 Å². The molecule has 6 aromatic carbocycles. The molecule has 0 saturated carbocycles. The van der Waals surface area contributed by atoms with E-state index < -0.39 is 0 Å². The van der Waals surface area contributed by atoms with Crippen molar-refractivity contribution >= 4 is 55.3 Å². The van der Waals surface area contributed by atoms with E-state index in [2.05, 4.69) is 71.3 Å². The molecule has 0 unspecified atom stereocenters. The standard InChI is InChI=1S/C39H23ClN4O/c40-26-19-21-34-31(23-26)36-30(15-9-17-35(36)45-34)39-42-37(24-10-3-1-4-11-24)41-38(43-39)25-18-20-29-28-14-7-8-16-32(28)44(33(29)22-25)27-12-5-2-6-13-27/h1-23H. The van der Waals surface area contributed by atoms with Gasteiger partial charge in [0, 0.05) is 48.9 Å². The van der Waals surface area contributed by atoms with Crippen LogP contribution in [0, 0.1) is 0 Å². The lowest BCUT2D eigenvalue weighted by molar-refractivity contribution is 0.669. The monoisotopic (exact) mass is 598 g/mol. The third-order valence-electron chi connectivity index (χ3n) is 8.31. The molecule has 0 radical (unpaired) electrons. The summed E-state index contributed by atoms with van der Waals surface area (Å²) in [5.41, 5.74) is 7.51. The summed E-state index contributed by atoms with van der Waals surface area (Å²) in [5.74, 6) is 1.76. The van der Waals surface area contributed by atoms with Crippen molar-refractivity contribution in [2.75, 3.05) is 0 Å². The lowest BCUT2D eigenvalue weighted by atomic mass is 10.1. The van der Waals surface area contributed by atoms with E-state index in [1.165, 1.54) is 10.8 Å². The fraction of sp³-hybridized carbons (Fsp3) is 0. The predicted octanol–water partition coefficient (Wildman–Crippen LogP) is 10.5. The molecule has 6 heteroatoms. The van der Waals surface area contributed by atoms with Gasteiger partial charge in [0.1, 0.15) is 11.2 Å². The Morgan fingerprint density at radius 2 is 1.20 bits per heavy atom. The van der Waals surface area contributed by atoms with E-state index in [9.17, 15) is 0 Å². The van der Waals surface area contributed by atoms with Gasteiger partial charge in [-0.15, -0.1) is 0 Å². The first-order valence-electron chi connectivity index (χ1n) is 14.7. The number of nitrogens with zero attached hydrogens (tertiary/aromatic N) is 4.